The quantitative estimate of drug-likeness (QED) is 0.590. The van der Waals surface area contributed by atoms with Gasteiger partial charge >= 0.3 is 18.2 Å². The predicted octanol–water partition coefficient (Wildman–Crippen LogP) is 2.91. The smallest absolute Gasteiger partial charge is 0.475 e. The Hall–Kier alpha value is -3.74. The van der Waals surface area contributed by atoms with Crippen molar-refractivity contribution in [3.8, 4) is 11.3 Å². The van der Waals surface area contributed by atoms with Crippen LogP contribution in [0.1, 0.15) is 28.9 Å². The monoisotopic (exact) mass is 495 g/mol. The van der Waals surface area contributed by atoms with Gasteiger partial charge in [0.05, 0.1) is 23.8 Å². The van der Waals surface area contributed by atoms with Crippen molar-refractivity contribution in [2.75, 3.05) is 32.0 Å². The molecule has 0 spiro atoms. The van der Waals surface area contributed by atoms with E-state index in [1.54, 1.807) is 11.1 Å². The fraction of sp³-hybridized carbons (Fsp3) is 0.409. The van der Waals surface area contributed by atoms with Gasteiger partial charge in [0, 0.05) is 24.7 Å². The van der Waals surface area contributed by atoms with Crippen molar-refractivity contribution in [3.05, 3.63) is 41.9 Å². The summed E-state index contributed by atoms with van der Waals surface area (Å²) < 4.78 is 36.7. The van der Waals surface area contributed by atoms with Crippen LogP contribution in [0.3, 0.4) is 0 Å². The zero-order valence-electron chi connectivity index (χ0n) is 18.8. The highest BCUT2D eigenvalue weighted by molar-refractivity contribution is 5.92. The van der Waals surface area contributed by atoms with Crippen molar-refractivity contribution >= 4 is 23.7 Å². The number of carbonyl (C=O) groups is 3. The Bertz CT molecular complexity index is 1070. The van der Waals surface area contributed by atoms with Gasteiger partial charge in [-0.05, 0) is 44.0 Å². The maximum absolute atomic E-state index is 12.6. The van der Waals surface area contributed by atoms with Crippen LogP contribution in [-0.2, 0) is 16.1 Å². The van der Waals surface area contributed by atoms with Gasteiger partial charge in [0.25, 0.3) is 5.91 Å². The van der Waals surface area contributed by atoms with Crippen LogP contribution < -0.4 is 10.6 Å². The molecule has 0 radical (unpaired) electrons. The number of anilines is 1. The number of benzene rings is 1. The first-order chi connectivity index (χ1) is 16.5. The van der Waals surface area contributed by atoms with Gasteiger partial charge in [-0.1, -0.05) is 6.07 Å². The first kappa shape index (κ1) is 25.9. The fourth-order valence-corrected chi connectivity index (χ4v) is 3.60. The summed E-state index contributed by atoms with van der Waals surface area (Å²) in [5.41, 5.74) is 3.47. The summed E-state index contributed by atoms with van der Waals surface area (Å²) in [7, 11) is 1.82. The first-order valence-corrected chi connectivity index (χ1v) is 10.7. The molecule has 0 bridgehead atoms. The molecule has 0 aliphatic carbocycles. The van der Waals surface area contributed by atoms with Gasteiger partial charge in [-0.15, -0.1) is 0 Å². The Morgan fingerprint density at radius 1 is 1.20 bits per heavy atom. The molecule has 1 aromatic heterocycles. The molecular formula is C22H24F3N5O5. The molecule has 0 atom stereocenters. The lowest BCUT2D eigenvalue weighted by Gasteiger charge is -2.27. The number of carbonyl (C=O) groups excluding carboxylic acids is 2. The summed E-state index contributed by atoms with van der Waals surface area (Å²) in [6.07, 6.45) is -0.226. The number of halogens is 3. The minimum atomic E-state index is -5.08. The lowest BCUT2D eigenvalue weighted by atomic mass is 9.97. The summed E-state index contributed by atoms with van der Waals surface area (Å²) in [5, 5.41) is 13.1. The number of aliphatic carboxylic acids is 1. The fourth-order valence-electron chi connectivity index (χ4n) is 3.60. The molecule has 13 heteroatoms. The van der Waals surface area contributed by atoms with E-state index in [1.165, 1.54) is 6.20 Å². The second-order valence-corrected chi connectivity index (χ2v) is 8.04. The number of cyclic esters (lactones) is 1. The van der Waals surface area contributed by atoms with Crippen LogP contribution in [0.15, 0.2) is 30.6 Å². The molecule has 0 unspecified atom stereocenters. The molecule has 2 amide bonds. The summed E-state index contributed by atoms with van der Waals surface area (Å²) in [5.74, 6) is -2.34. The van der Waals surface area contributed by atoms with E-state index in [2.05, 4.69) is 20.6 Å². The Morgan fingerprint density at radius 3 is 2.49 bits per heavy atom. The molecule has 1 saturated heterocycles. The van der Waals surface area contributed by atoms with Crippen LogP contribution in [0.4, 0.5) is 23.7 Å². The Labute approximate surface area is 198 Å². The standard InChI is InChI=1S/C20H23N5O3.C2HF3O2/c1-25(11-13-4-6-21-7-5-13)19(26)18-10-22-17(9-23-18)14-2-3-16-15(8-14)12-28-20(27)24-16;3-2(4,5)1(6)7/h2-3,8-10,13,21H,4-7,11-12H2,1H3,(H,24,27);(H,6,7). The minimum Gasteiger partial charge on any atom is -0.475 e. The third-order valence-electron chi connectivity index (χ3n) is 5.45. The number of alkyl halides is 3. The number of piperidine rings is 1. The molecule has 0 saturated carbocycles. The van der Waals surface area contributed by atoms with Crippen molar-refractivity contribution in [1.82, 2.24) is 20.2 Å². The average molecular weight is 495 g/mol. The molecule has 3 N–H and O–H groups in total. The van der Waals surface area contributed by atoms with E-state index in [0.717, 1.165) is 49.3 Å². The highest BCUT2D eigenvalue weighted by Gasteiger charge is 2.38. The van der Waals surface area contributed by atoms with Crippen molar-refractivity contribution in [3.63, 3.8) is 0 Å². The van der Waals surface area contributed by atoms with Crippen LogP contribution >= 0.6 is 0 Å². The third kappa shape index (κ3) is 7.12. The number of hydrogen-bond acceptors (Lipinski definition) is 7. The van der Waals surface area contributed by atoms with Crippen molar-refractivity contribution in [1.29, 1.82) is 0 Å². The molecule has 35 heavy (non-hydrogen) atoms. The zero-order chi connectivity index (χ0) is 25.6. The highest BCUT2D eigenvalue weighted by Crippen LogP contribution is 2.27. The van der Waals surface area contributed by atoms with Gasteiger partial charge in [0.15, 0.2) is 0 Å². The van der Waals surface area contributed by atoms with E-state index in [0.29, 0.717) is 17.3 Å². The summed E-state index contributed by atoms with van der Waals surface area (Å²) in [4.78, 5) is 43.3. The predicted molar refractivity (Wildman–Crippen MR) is 118 cm³/mol. The topological polar surface area (TPSA) is 134 Å². The molecule has 2 aliphatic heterocycles. The molecule has 2 aromatic rings. The number of fused-ring (bicyclic) bond motifs is 1. The number of nitrogens with zero attached hydrogens (tertiary/aromatic N) is 3. The molecule has 4 rings (SSSR count). The summed E-state index contributed by atoms with van der Waals surface area (Å²) in [6.45, 7) is 2.98. The van der Waals surface area contributed by atoms with Gasteiger partial charge in [-0.3, -0.25) is 15.1 Å². The van der Waals surface area contributed by atoms with Gasteiger partial charge in [0.2, 0.25) is 0 Å². The van der Waals surface area contributed by atoms with E-state index >= 15 is 0 Å². The number of ether oxygens (including phenoxy) is 1. The Morgan fingerprint density at radius 2 is 1.89 bits per heavy atom. The SMILES string of the molecule is CN(CC1CCNCC1)C(=O)c1cnc(-c2ccc3c(c2)COC(=O)N3)cn1.O=C(O)C(F)(F)F. The molecule has 1 aromatic carbocycles. The minimum absolute atomic E-state index is 0.112. The largest absolute Gasteiger partial charge is 0.490 e. The highest BCUT2D eigenvalue weighted by atomic mass is 19.4. The van der Waals surface area contributed by atoms with Gasteiger partial charge < -0.3 is 20.1 Å². The average Bonchev–Trinajstić information content (AvgIpc) is 2.84. The van der Waals surface area contributed by atoms with E-state index in [4.69, 9.17) is 14.6 Å². The van der Waals surface area contributed by atoms with Crippen molar-refractivity contribution < 1.29 is 37.4 Å². The number of rotatable bonds is 4. The molecule has 188 valence electrons. The number of nitrogens with one attached hydrogen (secondary N) is 2. The van der Waals surface area contributed by atoms with Gasteiger partial charge in [-0.25, -0.2) is 14.6 Å². The van der Waals surface area contributed by atoms with Crippen LogP contribution in [0.5, 0.6) is 0 Å². The number of amides is 2. The second-order valence-electron chi connectivity index (χ2n) is 8.04. The molecule has 3 heterocycles. The van der Waals surface area contributed by atoms with Crippen LogP contribution in [-0.4, -0.2) is 70.8 Å². The summed E-state index contributed by atoms with van der Waals surface area (Å²) >= 11 is 0. The lowest BCUT2D eigenvalue weighted by Crippen LogP contribution is -2.37. The van der Waals surface area contributed by atoms with Crippen molar-refractivity contribution in [2.24, 2.45) is 5.92 Å². The Kier molecular flexibility index (Phi) is 8.22. The summed E-state index contributed by atoms with van der Waals surface area (Å²) in [6, 6.07) is 5.58. The maximum atomic E-state index is 12.6. The number of carboxylic acid groups (broad SMARTS) is 1. The third-order valence-corrected chi connectivity index (χ3v) is 5.45. The van der Waals surface area contributed by atoms with Crippen molar-refractivity contribution in [2.45, 2.75) is 25.6 Å². The zero-order valence-corrected chi connectivity index (χ0v) is 18.8. The van der Waals surface area contributed by atoms with E-state index in [-0.39, 0.29) is 12.5 Å². The first-order valence-electron chi connectivity index (χ1n) is 10.7. The number of hydrogen-bond donors (Lipinski definition) is 3. The maximum Gasteiger partial charge on any atom is 0.490 e. The van der Waals surface area contributed by atoms with Gasteiger partial charge in [-0.2, -0.15) is 13.2 Å². The Balaban J connectivity index is 0.000000429. The number of aromatic nitrogens is 2. The normalized spacial score (nSPS) is 15.6. The second kappa shape index (κ2) is 11.1. The van der Waals surface area contributed by atoms with E-state index < -0.39 is 18.2 Å². The number of carboxylic acids is 1. The molecule has 10 nitrogen and oxygen atoms in total. The van der Waals surface area contributed by atoms with E-state index in [1.807, 2.05) is 25.2 Å². The van der Waals surface area contributed by atoms with Crippen LogP contribution in [0.25, 0.3) is 11.3 Å². The molecule has 2 aliphatic rings. The van der Waals surface area contributed by atoms with Crippen LogP contribution in [0, 0.1) is 5.92 Å². The van der Waals surface area contributed by atoms with Crippen LogP contribution in [0.2, 0.25) is 0 Å². The van der Waals surface area contributed by atoms with E-state index in [9.17, 15) is 22.8 Å². The van der Waals surface area contributed by atoms with Gasteiger partial charge in [0.1, 0.15) is 12.3 Å². The lowest BCUT2D eigenvalue weighted by molar-refractivity contribution is -0.192. The molecule has 1 fully saturated rings. The molecular weight excluding hydrogens is 471 g/mol.